The molecule has 17 heavy (non-hydrogen) atoms. The zero-order valence-corrected chi connectivity index (χ0v) is 9.97. The summed E-state index contributed by atoms with van der Waals surface area (Å²) >= 11 is 0. The summed E-state index contributed by atoms with van der Waals surface area (Å²) in [5, 5.41) is 9.05. The Kier molecular flexibility index (Phi) is 2.81. The van der Waals surface area contributed by atoms with Crippen molar-refractivity contribution in [2.75, 3.05) is 0 Å². The number of ether oxygens (including phenoxy) is 1. The lowest BCUT2D eigenvalue weighted by Crippen LogP contribution is -2.34. The summed E-state index contributed by atoms with van der Waals surface area (Å²) in [5.41, 5.74) is 0. The van der Waals surface area contributed by atoms with Gasteiger partial charge < -0.3 is 9.84 Å². The molecule has 0 aromatic heterocycles. The zero-order valence-electron chi connectivity index (χ0n) is 9.97. The number of carboxylic acid groups (broad SMARTS) is 1. The fourth-order valence-electron chi connectivity index (χ4n) is 3.34. The Morgan fingerprint density at radius 2 is 2.00 bits per heavy atom. The van der Waals surface area contributed by atoms with Gasteiger partial charge in [0.25, 0.3) is 0 Å². The Hall–Kier alpha value is -1.06. The van der Waals surface area contributed by atoms with Gasteiger partial charge in [0.2, 0.25) is 0 Å². The van der Waals surface area contributed by atoms with Gasteiger partial charge in [0.1, 0.15) is 6.10 Å². The average molecular weight is 237 g/mol. The number of carbonyl (C=O) groups is 1. The maximum Gasteiger partial charge on any atom is 0.306 e. The number of fused-ring (bicyclic) bond motifs is 1. The van der Waals surface area contributed by atoms with Crippen LogP contribution in [0.4, 0.5) is 0 Å². The lowest BCUT2D eigenvalue weighted by molar-refractivity contribution is -0.143. The number of hydrogen-bond donors (Lipinski definition) is 1. The van der Waals surface area contributed by atoms with Gasteiger partial charge in [-0.3, -0.25) is 4.79 Å². The lowest BCUT2D eigenvalue weighted by atomic mass is 9.84. The van der Waals surface area contributed by atoms with Gasteiger partial charge in [-0.05, 0) is 32.1 Å². The van der Waals surface area contributed by atoms with Crippen LogP contribution in [0.5, 0.6) is 0 Å². The first-order valence-electron chi connectivity index (χ1n) is 6.71. The van der Waals surface area contributed by atoms with Crippen molar-refractivity contribution in [2.45, 2.75) is 57.1 Å². The molecule has 0 bridgehead atoms. The number of rotatable bonds is 2. The van der Waals surface area contributed by atoms with E-state index in [9.17, 15) is 4.79 Å². The molecule has 1 aliphatic heterocycles. The van der Waals surface area contributed by atoms with E-state index in [1.807, 2.05) is 0 Å². The molecule has 2 saturated carbocycles. The Morgan fingerprint density at radius 1 is 1.24 bits per heavy atom. The minimum Gasteiger partial charge on any atom is -0.481 e. The van der Waals surface area contributed by atoms with E-state index in [-0.39, 0.29) is 18.1 Å². The highest BCUT2D eigenvalue weighted by atomic mass is 16.5. The number of carboxylic acids is 1. The summed E-state index contributed by atoms with van der Waals surface area (Å²) in [6.07, 6.45) is 7.37. The highest BCUT2D eigenvalue weighted by Gasteiger charge is 2.41. The smallest absolute Gasteiger partial charge is 0.306 e. The highest BCUT2D eigenvalue weighted by molar-refractivity contribution is 5.81. The Bertz CT molecular complexity index is 347. The molecule has 0 saturated heterocycles. The van der Waals surface area contributed by atoms with E-state index >= 15 is 0 Å². The van der Waals surface area contributed by atoms with Crippen LogP contribution >= 0.6 is 0 Å². The first kappa shape index (κ1) is 11.1. The van der Waals surface area contributed by atoms with Crippen LogP contribution in [0.1, 0.15) is 44.9 Å². The van der Waals surface area contributed by atoms with Gasteiger partial charge in [0.15, 0.2) is 5.90 Å². The molecule has 3 rings (SSSR count). The Balaban J connectivity index is 1.67. The predicted molar refractivity (Wildman–Crippen MR) is 63.0 cm³/mol. The van der Waals surface area contributed by atoms with Gasteiger partial charge in [-0.2, -0.15) is 0 Å². The van der Waals surface area contributed by atoms with Gasteiger partial charge in [-0.1, -0.05) is 12.8 Å². The normalized spacial score (nSPS) is 37.4. The topological polar surface area (TPSA) is 58.9 Å². The van der Waals surface area contributed by atoms with Gasteiger partial charge in [0.05, 0.1) is 12.0 Å². The van der Waals surface area contributed by atoms with Crippen molar-refractivity contribution in [3.63, 3.8) is 0 Å². The zero-order chi connectivity index (χ0) is 11.8. The summed E-state index contributed by atoms with van der Waals surface area (Å²) in [4.78, 5) is 15.6. The molecular formula is C13H19NO3. The Labute approximate surface area is 101 Å². The third-order valence-electron chi connectivity index (χ3n) is 4.37. The van der Waals surface area contributed by atoms with E-state index in [1.54, 1.807) is 0 Å². The SMILES string of the molecule is O=C(O)C1CCC2OC(C3CCCC3)=NC2C1. The highest BCUT2D eigenvalue weighted by Crippen LogP contribution is 2.36. The van der Waals surface area contributed by atoms with E-state index in [4.69, 9.17) is 9.84 Å². The number of hydrogen-bond acceptors (Lipinski definition) is 3. The molecule has 4 nitrogen and oxygen atoms in total. The van der Waals surface area contributed by atoms with Crippen LogP contribution in [-0.2, 0) is 9.53 Å². The molecule has 0 aromatic rings. The second kappa shape index (κ2) is 4.31. The molecule has 0 radical (unpaired) electrons. The van der Waals surface area contributed by atoms with Crippen LogP contribution in [0.15, 0.2) is 4.99 Å². The van der Waals surface area contributed by atoms with Crippen molar-refractivity contribution in [2.24, 2.45) is 16.8 Å². The quantitative estimate of drug-likeness (QED) is 0.801. The lowest BCUT2D eigenvalue weighted by Gasteiger charge is -2.27. The van der Waals surface area contributed by atoms with Crippen molar-refractivity contribution in [1.29, 1.82) is 0 Å². The fraction of sp³-hybridized carbons (Fsp3) is 0.846. The number of nitrogens with zero attached hydrogens (tertiary/aromatic N) is 1. The van der Waals surface area contributed by atoms with Crippen molar-refractivity contribution in [3.05, 3.63) is 0 Å². The van der Waals surface area contributed by atoms with Gasteiger partial charge in [0, 0.05) is 5.92 Å². The second-order valence-corrected chi connectivity index (χ2v) is 5.52. The Morgan fingerprint density at radius 3 is 2.71 bits per heavy atom. The molecule has 3 aliphatic rings. The number of aliphatic imine (C=N–C) groups is 1. The maximum absolute atomic E-state index is 11.0. The molecule has 2 aliphatic carbocycles. The van der Waals surface area contributed by atoms with E-state index in [0.29, 0.717) is 12.3 Å². The summed E-state index contributed by atoms with van der Waals surface area (Å²) < 4.78 is 5.93. The molecule has 0 amide bonds. The van der Waals surface area contributed by atoms with E-state index in [0.717, 1.165) is 18.7 Å². The monoisotopic (exact) mass is 237 g/mol. The van der Waals surface area contributed by atoms with Gasteiger partial charge in [-0.15, -0.1) is 0 Å². The summed E-state index contributed by atoms with van der Waals surface area (Å²) in [6.45, 7) is 0. The second-order valence-electron chi connectivity index (χ2n) is 5.52. The van der Waals surface area contributed by atoms with Crippen molar-refractivity contribution in [1.82, 2.24) is 0 Å². The molecule has 2 fully saturated rings. The maximum atomic E-state index is 11.0. The molecule has 0 aromatic carbocycles. The number of aliphatic carboxylic acids is 1. The third-order valence-corrected chi connectivity index (χ3v) is 4.37. The molecule has 0 spiro atoms. The van der Waals surface area contributed by atoms with E-state index in [1.165, 1.54) is 25.7 Å². The molecule has 4 heteroatoms. The van der Waals surface area contributed by atoms with Crippen LogP contribution < -0.4 is 0 Å². The van der Waals surface area contributed by atoms with Gasteiger partial charge >= 0.3 is 5.97 Å². The minimum absolute atomic E-state index is 0.112. The molecule has 3 atom stereocenters. The van der Waals surface area contributed by atoms with Crippen LogP contribution in [0.3, 0.4) is 0 Å². The molecule has 94 valence electrons. The van der Waals surface area contributed by atoms with Crippen LogP contribution in [-0.4, -0.2) is 29.1 Å². The van der Waals surface area contributed by atoms with E-state index in [2.05, 4.69) is 4.99 Å². The molecule has 3 unspecified atom stereocenters. The third kappa shape index (κ3) is 2.05. The van der Waals surface area contributed by atoms with Crippen LogP contribution in [0, 0.1) is 11.8 Å². The summed E-state index contributed by atoms with van der Waals surface area (Å²) in [7, 11) is 0. The fourth-order valence-corrected chi connectivity index (χ4v) is 3.34. The standard InChI is InChI=1S/C13H19NO3/c15-13(16)9-5-6-11-10(7-9)14-12(17-11)8-3-1-2-4-8/h8-11H,1-7H2,(H,15,16). The van der Waals surface area contributed by atoms with Crippen molar-refractivity contribution in [3.8, 4) is 0 Å². The summed E-state index contributed by atoms with van der Waals surface area (Å²) in [5.74, 6) is 0.562. The molecule has 1 heterocycles. The van der Waals surface area contributed by atoms with Crippen LogP contribution in [0.2, 0.25) is 0 Å². The molecular weight excluding hydrogens is 218 g/mol. The van der Waals surface area contributed by atoms with Crippen molar-refractivity contribution < 1.29 is 14.6 Å². The van der Waals surface area contributed by atoms with E-state index < -0.39 is 5.97 Å². The molecule has 1 N–H and O–H groups in total. The largest absolute Gasteiger partial charge is 0.481 e. The first-order valence-corrected chi connectivity index (χ1v) is 6.71. The minimum atomic E-state index is -0.673. The summed E-state index contributed by atoms with van der Waals surface area (Å²) in [6, 6.07) is 0.112. The average Bonchev–Trinajstić information content (AvgIpc) is 2.96. The predicted octanol–water partition coefficient (Wildman–Crippen LogP) is 2.23. The first-order chi connectivity index (χ1) is 8.24. The van der Waals surface area contributed by atoms with Crippen LogP contribution in [0.25, 0.3) is 0 Å². The van der Waals surface area contributed by atoms with Crippen molar-refractivity contribution >= 4 is 11.9 Å². The van der Waals surface area contributed by atoms with Gasteiger partial charge in [-0.25, -0.2) is 4.99 Å².